The van der Waals surface area contributed by atoms with Crippen LogP contribution in [0.4, 0.5) is 0 Å². The summed E-state index contributed by atoms with van der Waals surface area (Å²) in [4.78, 5) is 0. The molecule has 3 heteroatoms. The smallest absolute Gasteiger partial charge is 0.0819 e. The lowest BCUT2D eigenvalue weighted by Crippen LogP contribution is -2.28. The van der Waals surface area contributed by atoms with Gasteiger partial charge < -0.3 is 15.9 Å². The highest BCUT2D eigenvalue weighted by molar-refractivity contribution is 5.63. The fourth-order valence-corrected chi connectivity index (χ4v) is 3.12. The molecule has 0 heterocycles. The molecule has 0 aromatic heterocycles. The van der Waals surface area contributed by atoms with E-state index in [1.54, 1.807) is 0 Å². The van der Waals surface area contributed by atoms with Crippen LogP contribution in [0.25, 0.3) is 11.1 Å². The molecule has 2 aromatic carbocycles. The molecule has 1 fully saturated rings. The van der Waals surface area contributed by atoms with Crippen molar-refractivity contribution in [3.05, 3.63) is 60.2 Å². The van der Waals surface area contributed by atoms with Crippen molar-refractivity contribution in [3.8, 4) is 11.1 Å². The number of nitrogens with two attached hydrogens (primary N) is 1. The molecule has 0 bridgehead atoms. The molecule has 110 valence electrons. The highest BCUT2D eigenvalue weighted by atomic mass is 16.3. The van der Waals surface area contributed by atoms with Crippen LogP contribution in [0.15, 0.2) is 54.6 Å². The van der Waals surface area contributed by atoms with E-state index >= 15 is 0 Å². The third-order valence-corrected chi connectivity index (χ3v) is 4.42. The average Bonchev–Trinajstić information content (AvgIpc) is 2.87. The second-order valence-electron chi connectivity index (χ2n) is 5.90. The molecule has 0 spiro atoms. The predicted octanol–water partition coefficient (Wildman–Crippen LogP) is 2.49. The van der Waals surface area contributed by atoms with Crippen molar-refractivity contribution in [2.24, 2.45) is 11.7 Å². The van der Waals surface area contributed by atoms with Crippen LogP contribution in [-0.4, -0.2) is 22.4 Å². The zero-order valence-electron chi connectivity index (χ0n) is 11.9. The summed E-state index contributed by atoms with van der Waals surface area (Å²) in [6.07, 6.45) is 0.192. The molecule has 2 aromatic rings. The number of rotatable bonds is 3. The third-order valence-electron chi connectivity index (χ3n) is 4.42. The Morgan fingerprint density at radius 1 is 0.905 bits per heavy atom. The quantitative estimate of drug-likeness (QED) is 0.810. The molecule has 1 aliphatic carbocycles. The van der Waals surface area contributed by atoms with E-state index in [2.05, 4.69) is 12.1 Å². The van der Waals surface area contributed by atoms with Gasteiger partial charge in [0, 0.05) is 6.04 Å². The summed E-state index contributed by atoms with van der Waals surface area (Å²) < 4.78 is 0. The molecule has 0 amide bonds. The number of hydrogen-bond donors (Lipinski definition) is 3. The minimum Gasteiger partial charge on any atom is -0.392 e. The molecular weight excluding hydrogens is 262 g/mol. The Kier molecular flexibility index (Phi) is 4.06. The average molecular weight is 283 g/mol. The first-order chi connectivity index (χ1) is 10.1. The maximum atomic E-state index is 10.5. The number of hydrogen-bond acceptors (Lipinski definition) is 3. The first kappa shape index (κ1) is 14.3. The second kappa shape index (κ2) is 5.98. The maximum Gasteiger partial charge on any atom is 0.0819 e. The summed E-state index contributed by atoms with van der Waals surface area (Å²) in [5.74, 6) is 0.0394. The van der Waals surface area contributed by atoms with E-state index in [-0.39, 0.29) is 12.0 Å². The van der Waals surface area contributed by atoms with Crippen LogP contribution in [0.2, 0.25) is 0 Å². The largest absolute Gasteiger partial charge is 0.392 e. The zero-order chi connectivity index (χ0) is 14.8. The molecule has 4 atom stereocenters. The van der Waals surface area contributed by atoms with E-state index in [9.17, 15) is 10.2 Å². The first-order valence-electron chi connectivity index (χ1n) is 7.42. The van der Waals surface area contributed by atoms with Gasteiger partial charge in [0.1, 0.15) is 0 Å². The zero-order valence-corrected chi connectivity index (χ0v) is 11.9. The highest BCUT2D eigenvalue weighted by Crippen LogP contribution is 2.36. The lowest BCUT2D eigenvalue weighted by atomic mass is 9.93. The molecule has 3 nitrogen and oxygen atoms in total. The molecule has 0 aliphatic heterocycles. The molecule has 0 radical (unpaired) electrons. The Bertz CT molecular complexity index is 572. The summed E-state index contributed by atoms with van der Waals surface area (Å²) in [5.41, 5.74) is 9.01. The molecule has 3 rings (SSSR count). The van der Waals surface area contributed by atoms with Gasteiger partial charge in [-0.3, -0.25) is 0 Å². The summed E-state index contributed by atoms with van der Waals surface area (Å²) in [7, 11) is 0. The van der Waals surface area contributed by atoms with Gasteiger partial charge in [-0.1, -0.05) is 54.6 Å². The van der Waals surface area contributed by atoms with Crippen LogP contribution in [-0.2, 0) is 0 Å². The van der Waals surface area contributed by atoms with Crippen LogP contribution >= 0.6 is 0 Å². The standard InChI is InChI=1S/C18H21NO2/c19-16-10-15(11-17(16)20)18(21)14-8-6-13(7-9-14)12-4-2-1-3-5-12/h1-9,15-18,20-21H,10-11,19H2/t15-,16-,17-,18?/m0/s1. The topological polar surface area (TPSA) is 66.5 Å². The Morgan fingerprint density at radius 3 is 2.10 bits per heavy atom. The van der Waals surface area contributed by atoms with E-state index < -0.39 is 12.2 Å². The third kappa shape index (κ3) is 3.00. The Labute approximate surface area is 125 Å². The lowest BCUT2D eigenvalue weighted by Gasteiger charge is -2.18. The highest BCUT2D eigenvalue weighted by Gasteiger charge is 2.35. The van der Waals surface area contributed by atoms with Crippen LogP contribution in [0.3, 0.4) is 0 Å². The van der Waals surface area contributed by atoms with E-state index in [0.29, 0.717) is 12.8 Å². The first-order valence-corrected chi connectivity index (χ1v) is 7.42. The predicted molar refractivity (Wildman–Crippen MR) is 83.5 cm³/mol. The van der Waals surface area contributed by atoms with Crippen LogP contribution < -0.4 is 5.73 Å². The Hall–Kier alpha value is -1.68. The van der Waals surface area contributed by atoms with Crippen molar-refractivity contribution < 1.29 is 10.2 Å². The van der Waals surface area contributed by atoms with E-state index in [1.807, 2.05) is 42.5 Å². The molecule has 0 saturated heterocycles. The summed E-state index contributed by atoms with van der Waals surface area (Å²) in [6.45, 7) is 0. The monoisotopic (exact) mass is 283 g/mol. The summed E-state index contributed by atoms with van der Waals surface area (Å²) in [5, 5.41) is 20.2. The Morgan fingerprint density at radius 2 is 1.52 bits per heavy atom. The number of aliphatic hydroxyl groups is 2. The van der Waals surface area contributed by atoms with E-state index in [4.69, 9.17) is 5.73 Å². The van der Waals surface area contributed by atoms with Crippen molar-refractivity contribution in [2.75, 3.05) is 0 Å². The van der Waals surface area contributed by atoms with E-state index in [0.717, 1.165) is 16.7 Å². The second-order valence-corrected chi connectivity index (χ2v) is 5.90. The van der Waals surface area contributed by atoms with Crippen molar-refractivity contribution in [1.29, 1.82) is 0 Å². The van der Waals surface area contributed by atoms with Gasteiger partial charge in [0.05, 0.1) is 12.2 Å². The number of benzene rings is 2. The van der Waals surface area contributed by atoms with Crippen LogP contribution in [0.1, 0.15) is 24.5 Å². The van der Waals surface area contributed by atoms with Crippen molar-refractivity contribution in [1.82, 2.24) is 0 Å². The fourth-order valence-electron chi connectivity index (χ4n) is 3.12. The molecule has 21 heavy (non-hydrogen) atoms. The fraction of sp³-hybridized carbons (Fsp3) is 0.333. The molecular formula is C18H21NO2. The van der Waals surface area contributed by atoms with Gasteiger partial charge in [-0.05, 0) is 35.4 Å². The minimum absolute atomic E-state index is 0.0394. The van der Waals surface area contributed by atoms with Crippen molar-refractivity contribution in [2.45, 2.75) is 31.1 Å². The van der Waals surface area contributed by atoms with Crippen molar-refractivity contribution >= 4 is 0 Å². The van der Waals surface area contributed by atoms with Crippen LogP contribution in [0, 0.1) is 5.92 Å². The van der Waals surface area contributed by atoms with Gasteiger partial charge in [0.2, 0.25) is 0 Å². The maximum absolute atomic E-state index is 10.5. The number of aliphatic hydroxyl groups excluding tert-OH is 2. The summed E-state index contributed by atoms with van der Waals surface area (Å²) >= 11 is 0. The minimum atomic E-state index is -0.557. The summed E-state index contributed by atoms with van der Waals surface area (Å²) in [6, 6.07) is 17.9. The van der Waals surface area contributed by atoms with Gasteiger partial charge in [-0.25, -0.2) is 0 Å². The molecule has 1 aliphatic rings. The van der Waals surface area contributed by atoms with Gasteiger partial charge in [0.25, 0.3) is 0 Å². The van der Waals surface area contributed by atoms with Gasteiger partial charge in [-0.2, -0.15) is 0 Å². The van der Waals surface area contributed by atoms with Crippen molar-refractivity contribution in [3.63, 3.8) is 0 Å². The molecule has 1 unspecified atom stereocenters. The molecule has 1 saturated carbocycles. The SMILES string of the molecule is N[C@H]1C[C@H](C(O)c2ccc(-c3ccccc3)cc2)C[C@@H]1O. The van der Waals surface area contributed by atoms with E-state index in [1.165, 1.54) is 0 Å². The van der Waals surface area contributed by atoms with Gasteiger partial charge in [-0.15, -0.1) is 0 Å². The normalized spacial score (nSPS) is 26.7. The Balaban J connectivity index is 1.75. The van der Waals surface area contributed by atoms with Gasteiger partial charge >= 0.3 is 0 Å². The molecule has 4 N–H and O–H groups in total. The lowest BCUT2D eigenvalue weighted by molar-refractivity contribution is 0.0969. The van der Waals surface area contributed by atoms with Crippen LogP contribution in [0.5, 0.6) is 0 Å². The van der Waals surface area contributed by atoms with Gasteiger partial charge in [0.15, 0.2) is 0 Å².